The van der Waals surface area contributed by atoms with Gasteiger partial charge >= 0.3 is 12.1 Å². The van der Waals surface area contributed by atoms with E-state index >= 15 is 0 Å². The standard InChI is InChI=1S/C28H32N2O5/c1-17(2)28(26(32)33)11-12-30(16-28)25(31)18-13-19(14-18)29-27(34)35-15-24-22-9-5-3-7-20(22)21-8-4-6-10-23(21)24/h3-10,17-19,24H,11-16H2,1-2H3,(H,29,34)(H,32,33). The highest BCUT2D eigenvalue weighted by Crippen LogP contribution is 2.44. The number of benzene rings is 2. The summed E-state index contributed by atoms with van der Waals surface area (Å²) in [5.74, 6) is -1.03. The first-order chi connectivity index (χ1) is 16.8. The lowest BCUT2D eigenvalue weighted by Crippen LogP contribution is -2.51. The first kappa shape index (κ1) is 23.4. The van der Waals surface area contributed by atoms with Crippen molar-refractivity contribution < 1.29 is 24.2 Å². The number of aliphatic carboxylic acids is 1. The van der Waals surface area contributed by atoms with Crippen LogP contribution in [-0.2, 0) is 14.3 Å². The van der Waals surface area contributed by atoms with Gasteiger partial charge in [0.15, 0.2) is 0 Å². The summed E-state index contributed by atoms with van der Waals surface area (Å²) >= 11 is 0. The molecule has 1 saturated carbocycles. The van der Waals surface area contributed by atoms with E-state index in [1.54, 1.807) is 4.90 Å². The number of ether oxygens (including phenoxy) is 1. The summed E-state index contributed by atoms with van der Waals surface area (Å²) in [4.78, 5) is 39.0. The molecular weight excluding hydrogens is 444 g/mol. The molecule has 1 unspecified atom stereocenters. The second kappa shape index (κ2) is 9.02. The summed E-state index contributed by atoms with van der Waals surface area (Å²) in [6, 6.07) is 16.3. The molecule has 0 aromatic heterocycles. The summed E-state index contributed by atoms with van der Waals surface area (Å²) in [7, 11) is 0. The molecule has 0 radical (unpaired) electrons. The average Bonchev–Trinajstić information content (AvgIpc) is 3.41. The number of nitrogens with zero attached hydrogens (tertiary/aromatic N) is 1. The average molecular weight is 477 g/mol. The van der Waals surface area contributed by atoms with Crippen LogP contribution < -0.4 is 5.32 Å². The topological polar surface area (TPSA) is 95.9 Å². The predicted octanol–water partition coefficient (Wildman–Crippen LogP) is 4.26. The van der Waals surface area contributed by atoms with Crippen LogP contribution >= 0.6 is 0 Å². The molecule has 2 fully saturated rings. The fraction of sp³-hybridized carbons (Fsp3) is 0.464. The normalized spacial score (nSPS) is 25.1. The van der Waals surface area contributed by atoms with Crippen molar-refractivity contribution in [2.24, 2.45) is 17.3 Å². The van der Waals surface area contributed by atoms with Gasteiger partial charge < -0.3 is 20.1 Å². The Hall–Kier alpha value is -3.35. The van der Waals surface area contributed by atoms with Crippen molar-refractivity contribution in [3.05, 3.63) is 59.7 Å². The molecule has 35 heavy (non-hydrogen) atoms. The van der Waals surface area contributed by atoms with E-state index in [4.69, 9.17) is 4.74 Å². The first-order valence-corrected chi connectivity index (χ1v) is 12.4. The maximum Gasteiger partial charge on any atom is 0.407 e. The lowest BCUT2D eigenvalue weighted by molar-refractivity contribution is -0.151. The zero-order valence-electron chi connectivity index (χ0n) is 20.2. The Kier molecular flexibility index (Phi) is 6.03. The van der Waals surface area contributed by atoms with Gasteiger partial charge in [-0.3, -0.25) is 9.59 Å². The Labute approximate surface area is 205 Å². The van der Waals surface area contributed by atoms with Crippen LogP contribution in [0.5, 0.6) is 0 Å². The van der Waals surface area contributed by atoms with Gasteiger partial charge in [-0.15, -0.1) is 0 Å². The zero-order chi connectivity index (χ0) is 24.7. The molecule has 2 amide bonds. The van der Waals surface area contributed by atoms with Crippen molar-refractivity contribution >= 4 is 18.0 Å². The van der Waals surface area contributed by atoms with E-state index in [2.05, 4.69) is 29.6 Å². The van der Waals surface area contributed by atoms with Crippen LogP contribution in [-0.4, -0.2) is 53.7 Å². The third-order valence-corrected chi connectivity index (χ3v) is 8.30. The van der Waals surface area contributed by atoms with E-state index in [0.717, 1.165) is 0 Å². The van der Waals surface area contributed by atoms with Crippen molar-refractivity contribution in [2.45, 2.75) is 45.1 Å². The number of hydrogen-bond acceptors (Lipinski definition) is 4. The number of likely N-dealkylation sites (tertiary alicyclic amines) is 1. The molecule has 1 atom stereocenters. The molecule has 5 rings (SSSR count). The minimum Gasteiger partial charge on any atom is -0.481 e. The molecule has 0 bridgehead atoms. The van der Waals surface area contributed by atoms with E-state index in [0.29, 0.717) is 25.8 Å². The molecule has 2 N–H and O–H groups in total. The van der Waals surface area contributed by atoms with Gasteiger partial charge in [0.1, 0.15) is 6.61 Å². The fourth-order valence-electron chi connectivity index (χ4n) is 5.92. The lowest BCUT2D eigenvalue weighted by atomic mass is 9.76. The highest BCUT2D eigenvalue weighted by molar-refractivity contribution is 5.83. The molecule has 3 aliphatic rings. The molecule has 2 aliphatic carbocycles. The van der Waals surface area contributed by atoms with Crippen LogP contribution in [0.2, 0.25) is 0 Å². The number of nitrogens with one attached hydrogen (secondary N) is 1. The van der Waals surface area contributed by atoms with E-state index in [1.807, 2.05) is 38.1 Å². The maximum absolute atomic E-state index is 12.9. The lowest BCUT2D eigenvalue weighted by Gasteiger charge is -2.37. The van der Waals surface area contributed by atoms with Gasteiger partial charge in [0.2, 0.25) is 5.91 Å². The predicted molar refractivity (Wildman–Crippen MR) is 131 cm³/mol. The molecule has 2 aromatic rings. The van der Waals surface area contributed by atoms with E-state index in [-0.39, 0.29) is 42.9 Å². The molecule has 7 nitrogen and oxygen atoms in total. The molecule has 1 aliphatic heterocycles. The van der Waals surface area contributed by atoms with Crippen LogP contribution in [0, 0.1) is 17.3 Å². The SMILES string of the molecule is CC(C)C1(C(=O)O)CCN(C(=O)C2CC(NC(=O)OCC3c4ccccc4-c4ccccc43)C2)C1. The smallest absolute Gasteiger partial charge is 0.407 e. The largest absolute Gasteiger partial charge is 0.481 e. The molecule has 1 saturated heterocycles. The van der Waals surface area contributed by atoms with Crippen molar-refractivity contribution in [3.8, 4) is 11.1 Å². The van der Waals surface area contributed by atoms with Crippen molar-refractivity contribution in [2.75, 3.05) is 19.7 Å². The first-order valence-electron chi connectivity index (χ1n) is 12.4. The third-order valence-electron chi connectivity index (χ3n) is 8.30. The van der Waals surface area contributed by atoms with Gasteiger partial charge in [-0.05, 0) is 47.4 Å². The molecule has 7 heteroatoms. The number of amides is 2. The van der Waals surface area contributed by atoms with Crippen molar-refractivity contribution in [1.29, 1.82) is 0 Å². The zero-order valence-corrected chi connectivity index (χ0v) is 20.2. The number of alkyl carbamates (subject to hydrolysis) is 1. The number of hydrogen-bond donors (Lipinski definition) is 2. The highest BCUT2D eigenvalue weighted by Gasteiger charge is 2.50. The van der Waals surface area contributed by atoms with Gasteiger partial charge in [-0.25, -0.2) is 4.79 Å². The van der Waals surface area contributed by atoms with Gasteiger partial charge in [-0.1, -0.05) is 62.4 Å². The number of fused-ring (bicyclic) bond motifs is 3. The molecule has 2 aromatic carbocycles. The summed E-state index contributed by atoms with van der Waals surface area (Å²) < 4.78 is 5.61. The van der Waals surface area contributed by atoms with Crippen molar-refractivity contribution in [1.82, 2.24) is 10.2 Å². The summed E-state index contributed by atoms with van der Waals surface area (Å²) in [5, 5.41) is 12.6. The fourth-order valence-corrected chi connectivity index (χ4v) is 5.92. The number of carboxylic acids is 1. The van der Waals surface area contributed by atoms with Crippen LogP contribution in [0.1, 0.15) is 50.2 Å². The highest BCUT2D eigenvalue weighted by atomic mass is 16.5. The molecule has 0 spiro atoms. The van der Waals surface area contributed by atoms with Crippen LogP contribution in [0.25, 0.3) is 11.1 Å². The Balaban J connectivity index is 1.11. The summed E-state index contributed by atoms with van der Waals surface area (Å²) in [6.07, 6.45) is 1.14. The van der Waals surface area contributed by atoms with E-state index < -0.39 is 17.5 Å². The summed E-state index contributed by atoms with van der Waals surface area (Å²) in [5.41, 5.74) is 3.84. The third kappa shape index (κ3) is 4.07. The van der Waals surface area contributed by atoms with Crippen LogP contribution in [0.4, 0.5) is 4.79 Å². The Morgan fingerprint density at radius 2 is 1.66 bits per heavy atom. The summed E-state index contributed by atoms with van der Waals surface area (Å²) in [6.45, 7) is 4.80. The second-order valence-corrected chi connectivity index (χ2v) is 10.5. The van der Waals surface area contributed by atoms with E-state index in [9.17, 15) is 19.5 Å². The van der Waals surface area contributed by atoms with Crippen LogP contribution in [0.3, 0.4) is 0 Å². The second-order valence-electron chi connectivity index (χ2n) is 10.5. The van der Waals surface area contributed by atoms with Gasteiger partial charge in [0.05, 0.1) is 5.41 Å². The molecule has 1 heterocycles. The Bertz CT molecular complexity index is 1110. The molecule has 184 valence electrons. The number of carbonyl (C=O) groups is 3. The monoisotopic (exact) mass is 476 g/mol. The minimum atomic E-state index is -0.863. The van der Waals surface area contributed by atoms with Gasteiger partial charge in [0, 0.05) is 31.0 Å². The number of carboxylic acid groups (broad SMARTS) is 1. The van der Waals surface area contributed by atoms with Gasteiger partial charge in [0.25, 0.3) is 0 Å². The molecular formula is C28H32N2O5. The van der Waals surface area contributed by atoms with E-state index in [1.165, 1.54) is 22.3 Å². The number of rotatable bonds is 6. The van der Waals surface area contributed by atoms with Crippen LogP contribution in [0.15, 0.2) is 48.5 Å². The minimum absolute atomic E-state index is 0.000591. The Morgan fingerprint density at radius 1 is 1.06 bits per heavy atom. The van der Waals surface area contributed by atoms with Crippen molar-refractivity contribution in [3.63, 3.8) is 0 Å². The maximum atomic E-state index is 12.9. The van der Waals surface area contributed by atoms with Gasteiger partial charge in [-0.2, -0.15) is 0 Å². The number of carbonyl (C=O) groups excluding carboxylic acids is 2. The Morgan fingerprint density at radius 3 is 2.20 bits per heavy atom. The quantitative estimate of drug-likeness (QED) is 0.649.